The number of fused-ring (bicyclic) bond motifs is 1. The number of carbonyl (C=O) groups excluding carboxylic acids is 1. The van der Waals surface area contributed by atoms with E-state index in [1.807, 2.05) is 19.1 Å². The zero-order valence-electron chi connectivity index (χ0n) is 13.1. The van der Waals surface area contributed by atoms with E-state index in [9.17, 15) is 19.8 Å². The lowest BCUT2D eigenvalue weighted by Gasteiger charge is -2.08. The van der Waals surface area contributed by atoms with E-state index in [2.05, 4.69) is 5.32 Å². The summed E-state index contributed by atoms with van der Waals surface area (Å²) in [7, 11) is 0. The number of anilines is 1. The molecule has 0 aliphatic heterocycles. The molecule has 6 nitrogen and oxygen atoms in total. The Labute approximate surface area is 137 Å². The summed E-state index contributed by atoms with van der Waals surface area (Å²) in [5.74, 6) is -1.87. The van der Waals surface area contributed by atoms with Crippen LogP contribution in [0.4, 0.5) is 5.69 Å². The predicted molar refractivity (Wildman–Crippen MR) is 88.7 cm³/mol. The van der Waals surface area contributed by atoms with Crippen molar-refractivity contribution in [2.75, 3.05) is 5.32 Å². The smallest absolute Gasteiger partial charge is 0.337 e. The molecule has 0 saturated carbocycles. The molecular weight excluding hydrogens is 310 g/mol. The number of carbonyl (C=O) groups is 2. The lowest BCUT2D eigenvalue weighted by atomic mass is 10.1. The first kappa shape index (κ1) is 15.6. The lowest BCUT2D eigenvalue weighted by Crippen LogP contribution is -2.15. The van der Waals surface area contributed by atoms with Gasteiger partial charge in [0.1, 0.15) is 11.3 Å². The van der Waals surface area contributed by atoms with Crippen molar-refractivity contribution in [3.63, 3.8) is 0 Å². The maximum atomic E-state index is 12.5. The van der Waals surface area contributed by atoms with E-state index in [0.29, 0.717) is 11.1 Å². The Morgan fingerprint density at radius 2 is 1.83 bits per heavy atom. The summed E-state index contributed by atoms with van der Waals surface area (Å²) in [5, 5.41) is 22.0. The van der Waals surface area contributed by atoms with Crippen LogP contribution in [0.25, 0.3) is 11.0 Å². The van der Waals surface area contributed by atoms with E-state index in [-0.39, 0.29) is 22.8 Å². The highest BCUT2D eigenvalue weighted by Crippen LogP contribution is 2.28. The number of amides is 1. The van der Waals surface area contributed by atoms with E-state index in [1.54, 1.807) is 13.0 Å². The zero-order valence-corrected chi connectivity index (χ0v) is 13.1. The molecule has 2 aromatic carbocycles. The van der Waals surface area contributed by atoms with Crippen molar-refractivity contribution in [2.24, 2.45) is 0 Å². The van der Waals surface area contributed by atoms with Gasteiger partial charge < -0.3 is 19.9 Å². The van der Waals surface area contributed by atoms with Gasteiger partial charge in [0.05, 0.1) is 11.3 Å². The quantitative estimate of drug-likeness (QED) is 0.637. The number of benzene rings is 2. The minimum atomic E-state index is -1.25. The molecular formula is C18H15NO5. The third-order valence-electron chi connectivity index (χ3n) is 3.78. The van der Waals surface area contributed by atoms with Crippen LogP contribution in [0.2, 0.25) is 0 Å². The molecule has 0 aliphatic rings. The second kappa shape index (κ2) is 5.73. The van der Waals surface area contributed by atoms with Crippen molar-refractivity contribution < 1.29 is 24.2 Å². The number of phenols is 1. The van der Waals surface area contributed by atoms with Crippen molar-refractivity contribution >= 4 is 28.5 Å². The number of carboxylic acid groups (broad SMARTS) is 1. The summed E-state index contributed by atoms with van der Waals surface area (Å²) in [5.41, 5.74) is 2.20. The highest BCUT2D eigenvalue weighted by atomic mass is 16.4. The van der Waals surface area contributed by atoms with Gasteiger partial charge in [-0.1, -0.05) is 11.6 Å². The van der Waals surface area contributed by atoms with E-state index in [0.717, 1.165) is 17.0 Å². The Morgan fingerprint density at radius 3 is 2.54 bits per heavy atom. The number of nitrogens with one attached hydrogen (secondary N) is 1. The minimum absolute atomic E-state index is 0.0846. The average molecular weight is 325 g/mol. The van der Waals surface area contributed by atoms with E-state index >= 15 is 0 Å². The molecule has 1 heterocycles. The molecule has 6 heteroatoms. The molecule has 3 aromatic rings. The predicted octanol–water partition coefficient (Wildman–Crippen LogP) is 3.71. The first-order chi connectivity index (χ1) is 11.4. The number of hydrogen-bond donors (Lipinski definition) is 3. The molecule has 0 radical (unpaired) electrons. The van der Waals surface area contributed by atoms with Gasteiger partial charge in [-0.15, -0.1) is 0 Å². The van der Waals surface area contributed by atoms with Crippen LogP contribution in [0, 0.1) is 13.8 Å². The Kier molecular flexibility index (Phi) is 3.73. The van der Waals surface area contributed by atoms with Crippen LogP contribution in [0.15, 0.2) is 40.8 Å². The first-order valence-electron chi connectivity index (χ1n) is 7.24. The summed E-state index contributed by atoms with van der Waals surface area (Å²) >= 11 is 0. The molecule has 3 N–H and O–H groups in total. The van der Waals surface area contributed by atoms with Crippen LogP contribution in [-0.2, 0) is 0 Å². The van der Waals surface area contributed by atoms with Crippen molar-refractivity contribution in [3.8, 4) is 5.75 Å². The largest absolute Gasteiger partial charge is 0.508 e. The van der Waals surface area contributed by atoms with Gasteiger partial charge >= 0.3 is 5.97 Å². The summed E-state index contributed by atoms with van der Waals surface area (Å²) in [6, 6.07) is 9.31. The number of aromatic carboxylic acids is 1. The second-order valence-electron chi connectivity index (χ2n) is 5.54. The average Bonchev–Trinajstić information content (AvgIpc) is 2.85. The maximum absolute atomic E-state index is 12.5. The maximum Gasteiger partial charge on any atom is 0.337 e. The van der Waals surface area contributed by atoms with Gasteiger partial charge in [0.15, 0.2) is 5.76 Å². The lowest BCUT2D eigenvalue weighted by molar-refractivity contribution is 0.0697. The van der Waals surface area contributed by atoms with Crippen molar-refractivity contribution in [1.82, 2.24) is 0 Å². The Hall–Kier alpha value is -3.28. The van der Waals surface area contributed by atoms with Crippen LogP contribution in [0.5, 0.6) is 5.75 Å². The summed E-state index contributed by atoms with van der Waals surface area (Å²) in [6.45, 7) is 3.72. The van der Waals surface area contributed by atoms with Crippen molar-refractivity contribution in [1.29, 1.82) is 0 Å². The first-order valence-corrected chi connectivity index (χ1v) is 7.24. The Balaban J connectivity index is 1.99. The molecule has 0 saturated heterocycles. The number of rotatable bonds is 3. The van der Waals surface area contributed by atoms with Crippen LogP contribution < -0.4 is 5.32 Å². The van der Waals surface area contributed by atoms with Gasteiger partial charge in [0, 0.05) is 10.9 Å². The molecule has 0 spiro atoms. The molecule has 0 atom stereocenters. The summed E-state index contributed by atoms with van der Waals surface area (Å²) < 4.78 is 5.60. The molecule has 1 aromatic heterocycles. The third-order valence-corrected chi connectivity index (χ3v) is 3.78. The molecule has 0 unspecified atom stereocenters. The number of furan rings is 1. The summed E-state index contributed by atoms with van der Waals surface area (Å²) in [4.78, 5) is 23.7. The fraction of sp³-hybridized carbons (Fsp3) is 0.111. The van der Waals surface area contributed by atoms with Crippen LogP contribution in [0.3, 0.4) is 0 Å². The van der Waals surface area contributed by atoms with Gasteiger partial charge in [-0.25, -0.2) is 4.79 Å². The minimum Gasteiger partial charge on any atom is -0.508 e. The highest BCUT2D eigenvalue weighted by Gasteiger charge is 2.20. The number of aromatic hydroxyl groups is 1. The summed E-state index contributed by atoms with van der Waals surface area (Å²) in [6.07, 6.45) is 0. The molecule has 0 bridgehead atoms. The molecule has 3 rings (SSSR count). The SMILES string of the molecule is Cc1ccc2oc(C(=O)Nc3ccc(O)cc3C(=O)O)c(C)c2c1. The molecule has 122 valence electrons. The van der Waals surface area contributed by atoms with E-state index in [4.69, 9.17) is 4.42 Å². The van der Waals surface area contributed by atoms with Crippen LogP contribution in [-0.4, -0.2) is 22.1 Å². The number of aryl methyl sites for hydroxylation is 2. The molecule has 24 heavy (non-hydrogen) atoms. The van der Waals surface area contributed by atoms with Gasteiger partial charge in [0.2, 0.25) is 0 Å². The number of phenolic OH excluding ortho intramolecular Hbond substituents is 1. The normalized spacial score (nSPS) is 10.8. The van der Waals surface area contributed by atoms with E-state index in [1.165, 1.54) is 12.1 Å². The number of hydrogen-bond acceptors (Lipinski definition) is 4. The Bertz CT molecular complexity index is 971. The fourth-order valence-electron chi connectivity index (χ4n) is 2.55. The fourth-order valence-corrected chi connectivity index (χ4v) is 2.55. The standard InChI is InChI=1S/C18H15NO5/c1-9-3-6-15-12(7-9)10(2)16(24-15)17(21)19-14-5-4-11(20)8-13(14)18(22)23/h3-8,20H,1-2H3,(H,19,21)(H,22,23). The second-order valence-corrected chi connectivity index (χ2v) is 5.54. The highest BCUT2D eigenvalue weighted by molar-refractivity contribution is 6.09. The van der Waals surface area contributed by atoms with Gasteiger partial charge in [-0.05, 0) is 44.2 Å². The van der Waals surface area contributed by atoms with Crippen LogP contribution in [0.1, 0.15) is 32.0 Å². The van der Waals surface area contributed by atoms with Crippen molar-refractivity contribution in [3.05, 3.63) is 58.8 Å². The molecule has 0 aliphatic carbocycles. The van der Waals surface area contributed by atoms with Crippen molar-refractivity contribution in [2.45, 2.75) is 13.8 Å². The van der Waals surface area contributed by atoms with Gasteiger partial charge in [0.25, 0.3) is 5.91 Å². The van der Waals surface area contributed by atoms with Gasteiger partial charge in [-0.3, -0.25) is 4.79 Å². The monoisotopic (exact) mass is 325 g/mol. The number of carboxylic acids is 1. The topological polar surface area (TPSA) is 99.8 Å². The molecule has 0 fully saturated rings. The zero-order chi connectivity index (χ0) is 17.4. The van der Waals surface area contributed by atoms with E-state index < -0.39 is 11.9 Å². The molecule has 1 amide bonds. The van der Waals surface area contributed by atoms with Crippen LogP contribution >= 0.6 is 0 Å². The van der Waals surface area contributed by atoms with Gasteiger partial charge in [-0.2, -0.15) is 0 Å². The third kappa shape index (κ3) is 2.69. The Morgan fingerprint density at radius 1 is 1.08 bits per heavy atom.